The van der Waals surface area contributed by atoms with E-state index in [9.17, 15) is 0 Å². The van der Waals surface area contributed by atoms with Gasteiger partial charge in [0.25, 0.3) is 0 Å². The first kappa shape index (κ1) is 12.0. The summed E-state index contributed by atoms with van der Waals surface area (Å²) >= 11 is 5.00. The third-order valence-corrected chi connectivity index (χ3v) is 1.68. The number of hydrogen-bond donors (Lipinski definition) is 1. The van der Waals surface area contributed by atoms with Crippen LogP contribution in [0.1, 0.15) is 12.5 Å². The van der Waals surface area contributed by atoms with E-state index in [1.165, 1.54) is 0 Å². The molecule has 0 aromatic heterocycles. The van der Waals surface area contributed by atoms with Gasteiger partial charge in [0.05, 0.1) is 0 Å². The van der Waals surface area contributed by atoms with Crippen LogP contribution in [-0.4, -0.2) is 11.4 Å². The van der Waals surface area contributed by atoms with Crippen molar-refractivity contribution in [1.82, 2.24) is 0 Å². The highest BCUT2D eigenvalue weighted by Crippen LogP contribution is 1.99. The molecule has 2 N–H and O–H groups in total. The molecule has 0 atom stereocenters. The Hall–Kier alpha value is -0.990. The molecule has 13 heavy (non-hydrogen) atoms. The molecule has 0 fully saturated rings. The summed E-state index contributed by atoms with van der Waals surface area (Å²) < 4.78 is 0. The average Bonchev–Trinajstić information content (AvgIpc) is 2.19. The third kappa shape index (κ3) is 5.28. The van der Waals surface area contributed by atoms with Gasteiger partial charge >= 0.3 is 0 Å². The Balaban J connectivity index is 0.000000424. The summed E-state index contributed by atoms with van der Waals surface area (Å²) in [5.74, 6) is 0. The fourth-order valence-corrected chi connectivity index (χ4v) is 0.878. The molecule has 0 amide bonds. The molecule has 0 spiro atoms. The molecular formula is C11H15NS. The van der Waals surface area contributed by atoms with E-state index in [0.29, 0.717) is 6.54 Å². The van der Waals surface area contributed by atoms with Crippen molar-refractivity contribution >= 4 is 17.1 Å². The summed E-state index contributed by atoms with van der Waals surface area (Å²) in [5, 5.41) is 0. The third-order valence-electron chi connectivity index (χ3n) is 1.28. The van der Waals surface area contributed by atoms with Gasteiger partial charge in [0.1, 0.15) is 0 Å². The van der Waals surface area contributed by atoms with Crippen LogP contribution in [0, 0.1) is 0 Å². The van der Waals surface area contributed by atoms with Crippen molar-refractivity contribution in [2.75, 3.05) is 6.54 Å². The Bertz CT molecular complexity index is 254. The minimum atomic E-state index is 0.458. The van der Waals surface area contributed by atoms with Gasteiger partial charge in [-0.05, 0) is 12.5 Å². The van der Waals surface area contributed by atoms with E-state index < -0.39 is 0 Å². The van der Waals surface area contributed by atoms with Gasteiger partial charge in [0.15, 0.2) is 0 Å². The highest BCUT2D eigenvalue weighted by atomic mass is 32.1. The molecule has 1 aromatic rings. The first-order chi connectivity index (χ1) is 6.26. The van der Waals surface area contributed by atoms with Gasteiger partial charge in [-0.1, -0.05) is 48.6 Å². The fraction of sp³-hybridized carbons (Fsp3) is 0.182. The van der Waals surface area contributed by atoms with Crippen LogP contribution < -0.4 is 5.73 Å². The second kappa shape index (κ2) is 7.65. The minimum Gasteiger partial charge on any atom is -0.326 e. The lowest BCUT2D eigenvalue weighted by Crippen LogP contribution is -2.11. The van der Waals surface area contributed by atoms with Crippen LogP contribution in [0.4, 0.5) is 0 Å². The van der Waals surface area contributed by atoms with Gasteiger partial charge in [-0.2, -0.15) is 0 Å². The molecule has 0 aliphatic carbocycles. The fourth-order valence-electron chi connectivity index (χ4n) is 0.742. The molecular weight excluding hydrogens is 178 g/mol. The van der Waals surface area contributed by atoms with E-state index in [4.69, 9.17) is 18.0 Å². The lowest BCUT2D eigenvalue weighted by Gasteiger charge is -1.97. The molecule has 0 bridgehead atoms. The van der Waals surface area contributed by atoms with Crippen LogP contribution in [0.25, 0.3) is 0 Å². The molecule has 0 aliphatic rings. The molecule has 0 aliphatic heterocycles. The van der Waals surface area contributed by atoms with E-state index >= 15 is 0 Å². The Labute approximate surface area is 85.3 Å². The van der Waals surface area contributed by atoms with Gasteiger partial charge in [0, 0.05) is 11.4 Å². The molecule has 1 aromatic carbocycles. The summed E-state index contributed by atoms with van der Waals surface area (Å²) in [6.45, 7) is 5.71. The molecule has 2 heteroatoms. The highest BCUT2D eigenvalue weighted by molar-refractivity contribution is 7.80. The van der Waals surface area contributed by atoms with Gasteiger partial charge in [0.2, 0.25) is 0 Å². The molecule has 1 rings (SSSR count). The summed E-state index contributed by atoms with van der Waals surface area (Å²) in [6.07, 6.45) is 1.75. The second-order valence-corrected chi connectivity index (χ2v) is 2.89. The van der Waals surface area contributed by atoms with Crippen LogP contribution in [0.2, 0.25) is 0 Å². The second-order valence-electron chi connectivity index (χ2n) is 2.40. The Morgan fingerprint density at radius 1 is 1.46 bits per heavy atom. The number of thiocarbonyl (C=S) groups is 1. The van der Waals surface area contributed by atoms with Crippen molar-refractivity contribution < 1.29 is 0 Å². The Morgan fingerprint density at radius 2 is 1.92 bits per heavy atom. The van der Waals surface area contributed by atoms with Crippen LogP contribution in [0.15, 0.2) is 43.0 Å². The lowest BCUT2D eigenvalue weighted by atomic mass is 10.1. The maximum absolute atomic E-state index is 5.36. The van der Waals surface area contributed by atoms with Gasteiger partial charge in [-0.15, -0.1) is 6.58 Å². The van der Waals surface area contributed by atoms with E-state index in [1.807, 2.05) is 37.3 Å². The minimum absolute atomic E-state index is 0.458. The van der Waals surface area contributed by atoms with E-state index in [0.717, 1.165) is 10.4 Å². The van der Waals surface area contributed by atoms with Crippen molar-refractivity contribution in [3.63, 3.8) is 0 Å². The maximum atomic E-state index is 5.36. The SMILES string of the molecule is C=CC.NCC(=S)c1ccccc1. The standard InChI is InChI=1S/C8H9NS.C3H6/c9-6-8(10)7-4-2-1-3-5-7;1-3-2/h1-5H,6,9H2;3H,1H2,2H3. The van der Waals surface area contributed by atoms with E-state index in [1.54, 1.807) is 6.08 Å². The zero-order chi connectivity index (χ0) is 10.1. The van der Waals surface area contributed by atoms with Crippen molar-refractivity contribution in [2.24, 2.45) is 5.73 Å². The van der Waals surface area contributed by atoms with Crippen molar-refractivity contribution in [3.8, 4) is 0 Å². The molecule has 0 unspecified atom stereocenters. The van der Waals surface area contributed by atoms with Crippen molar-refractivity contribution in [2.45, 2.75) is 6.92 Å². The van der Waals surface area contributed by atoms with E-state index in [2.05, 4.69) is 6.58 Å². The summed E-state index contributed by atoms with van der Waals surface area (Å²) in [4.78, 5) is 0.820. The van der Waals surface area contributed by atoms with Crippen LogP contribution in [-0.2, 0) is 0 Å². The number of rotatable bonds is 2. The van der Waals surface area contributed by atoms with Crippen molar-refractivity contribution in [3.05, 3.63) is 48.6 Å². The summed E-state index contributed by atoms with van der Waals surface area (Å²) in [6, 6.07) is 9.81. The number of nitrogens with two attached hydrogens (primary N) is 1. The molecule has 0 saturated heterocycles. The maximum Gasteiger partial charge on any atom is 0.0360 e. The monoisotopic (exact) mass is 193 g/mol. The first-order valence-corrected chi connectivity index (χ1v) is 4.52. The first-order valence-electron chi connectivity index (χ1n) is 4.11. The van der Waals surface area contributed by atoms with Crippen LogP contribution in [0.5, 0.6) is 0 Å². The Morgan fingerprint density at radius 3 is 2.31 bits per heavy atom. The smallest absolute Gasteiger partial charge is 0.0360 e. The molecule has 0 radical (unpaired) electrons. The normalized spacial score (nSPS) is 8.15. The predicted octanol–water partition coefficient (Wildman–Crippen LogP) is 2.56. The Kier molecular flexibility index (Phi) is 7.07. The van der Waals surface area contributed by atoms with Crippen molar-refractivity contribution in [1.29, 1.82) is 0 Å². The van der Waals surface area contributed by atoms with Gasteiger partial charge in [-0.25, -0.2) is 0 Å². The van der Waals surface area contributed by atoms with Crippen LogP contribution in [0.3, 0.4) is 0 Å². The average molecular weight is 193 g/mol. The van der Waals surface area contributed by atoms with E-state index in [-0.39, 0.29) is 0 Å². The molecule has 70 valence electrons. The zero-order valence-corrected chi connectivity index (χ0v) is 8.68. The predicted molar refractivity (Wildman–Crippen MR) is 63.1 cm³/mol. The summed E-state index contributed by atoms with van der Waals surface area (Å²) in [7, 11) is 0. The van der Waals surface area contributed by atoms with Crippen LogP contribution >= 0.6 is 12.2 Å². The van der Waals surface area contributed by atoms with Gasteiger partial charge in [-0.3, -0.25) is 0 Å². The molecule has 0 heterocycles. The van der Waals surface area contributed by atoms with Gasteiger partial charge < -0.3 is 5.73 Å². The lowest BCUT2D eigenvalue weighted by molar-refractivity contribution is 1.33. The largest absolute Gasteiger partial charge is 0.326 e. The quantitative estimate of drug-likeness (QED) is 0.444. The summed E-state index contributed by atoms with van der Waals surface area (Å²) in [5.41, 5.74) is 6.42. The topological polar surface area (TPSA) is 26.0 Å². The highest BCUT2D eigenvalue weighted by Gasteiger charge is 1.94. The zero-order valence-electron chi connectivity index (χ0n) is 7.86. The molecule has 1 nitrogen and oxygen atoms in total. The molecule has 0 saturated carbocycles. The number of hydrogen-bond acceptors (Lipinski definition) is 2. The number of allylic oxidation sites excluding steroid dienone is 1. The number of benzene rings is 1.